The molecule has 1 fully saturated rings. The SMILES string of the molecule is O=CCC1[C@H](O)C[C@H](O)[C@H]1CCCCCCCCO. The van der Waals surface area contributed by atoms with Crippen LogP contribution >= 0.6 is 0 Å². The first-order valence-corrected chi connectivity index (χ1v) is 7.61. The minimum absolute atomic E-state index is 0.0538. The van der Waals surface area contributed by atoms with E-state index in [1.54, 1.807) is 0 Å². The molecule has 112 valence electrons. The fraction of sp³-hybridized carbons (Fsp3) is 0.933. The molecular weight excluding hydrogens is 244 g/mol. The Kier molecular flexibility index (Phi) is 8.26. The van der Waals surface area contributed by atoms with E-state index in [9.17, 15) is 15.0 Å². The molecule has 0 aliphatic heterocycles. The summed E-state index contributed by atoms with van der Waals surface area (Å²) in [5, 5.41) is 28.4. The number of hydrogen-bond acceptors (Lipinski definition) is 4. The van der Waals surface area contributed by atoms with E-state index in [1.807, 2.05) is 0 Å². The quantitative estimate of drug-likeness (QED) is 0.417. The molecule has 0 radical (unpaired) electrons. The Balaban J connectivity index is 2.17. The lowest BCUT2D eigenvalue weighted by atomic mass is 9.87. The summed E-state index contributed by atoms with van der Waals surface area (Å²) >= 11 is 0. The molecule has 3 N–H and O–H groups in total. The van der Waals surface area contributed by atoms with Gasteiger partial charge in [0.2, 0.25) is 0 Å². The van der Waals surface area contributed by atoms with Crippen LogP contribution < -0.4 is 0 Å². The summed E-state index contributed by atoms with van der Waals surface area (Å²) in [5.74, 6) is 0.0273. The second-order valence-electron chi connectivity index (χ2n) is 5.73. The molecule has 0 aromatic rings. The molecule has 1 unspecified atom stereocenters. The monoisotopic (exact) mass is 272 g/mol. The number of carbonyl (C=O) groups excluding carboxylic acids is 1. The lowest BCUT2D eigenvalue weighted by Gasteiger charge is -2.21. The van der Waals surface area contributed by atoms with Crippen LogP contribution in [0.2, 0.25) is 0 Å². The summed E-state index contributed by atoms with van der Waals surface area (Å²) in [7, 11) is 0. The molecule has 4 nitrogen and oxygen atoms in total. The average molecular weight is 272 g/mol. The molecule has 0 heterocycles. The highest BCUT2D eigenvalue weighted by Crippen LogP contribution is 2.37. The second kappa shape index (κ2) is 9.45. The first-order chi connectivity index (χ1) is 9.20. The zero-order valence-electron chi connectivity index (χ0n) is 11.7. The Hall–Kier alpha value is -0.450. The van der Waals surface area contributed by atoms with Gasteiger partial charge < -0.3 is 20.1 Å². The standard InChI is InChI=1S/C15H28O4/c16-9-6-4-2-1-3-5-7-12-13(8-10-17)15(19)11-14(12)18/h10,12-16,18-19H,1-9,11H2/t12-,13?,14-,15+/m0/s1. The maximum Gasteiger partial charge on any atom is 0.120 e. The van der Waals surface area contributed by atoms with Crippen molar-refractivity contribution in [3.63, 3.8) is 0 Å². The molecule has 1 aliphatic carbocycles. The third kappa shape index (κ3) is 5.59. The van der Waals surface area contributed by atoms with Gasteiger partial charge in [-0.15, -0.1) is 0 Å². The van der Waals surface area contributed by atoms with Gasteiger partial charge in [0.1, 0.15) is 6.29 Å². The average Bonchev–Trinajstić information content (AvgIpc) is 2.64. The predicted octanol–water partition coefficient (Wildman–Crippen LogP) is 1.66. The lowest BCUT2D eigenvalue weighted by Crippen LogP contribution is -2.22. The first kappa shape index (κ1) is 16.6. The molecule has 1 saturated carbocycles. The van der Waals surface area contributed by atoms with Crippen LogP contribution in [0.3, 0.4) is 0 Å². The van der Waals surface area contributed by atoms with Crippen molar-refractivity contribution in [1.82, 2.24) is 0 Å². The first-order valence-electron chi connectivity index (χ1n) is 7.61. The molecule has 4 atom stereocenters. The minimum Gasteiger partial charge on any atom is -0.396 e. The van der Waals surface area contributed by atoms with Crippen LogP contribution in [0.5, 0.6) is 0 Å². The van der Waals surface area contributed by atoms with Gasteiger partial charge in [0.25, 0.3) is 0 Å². The van der Waals surface area contributed by atoms with E-state index >= 15 is 0 Å². The van der Waals surface area contributed by atoms with Crippen molar-refractivity contribution in [2.75, 3.05) is 6.61 Å². The fourth-order valence-corrected chi connectivity index (χ4v) is 3.22. The molecule has 0 saturated heterocycles. The van der Waals surface area contributed by atoms with E-state index in [1.165, 1.54) is 0 Å². The number of hydrogen-bond donors (Lipinski definition) is 3. The topological polar surface area (TPSA) is 77.8 Å². The summed E-state index contributed by atoms with van der Waals surface area (Å²) in [6, 6.07) is 0. The van der Waals surface area contributed by atoms with Gasteiger partial charge in [-0.2, -0.15) is 0 Å². The van der Waals surface area contributed by atoms with Crippen molar-refractivity contribution in [3.8, 4) is 0 Å². The van der Waals surface area contributed by atoms with Crippen molar-refractivity contribution in [2.24, 2.45) is 11.8 Å². The van der Waals surface area contributed by atoms with Crippen LogP contribution in [0.1, 0.15) is 57.8 Å². The van der Waals surface area contributed by atoms with E-state index in [0.29, 0.717) is 12.8 Å². The molecule has 0 spiro atoms. The number of carbonyl (C=O) groups is 1. The van der Waals surface area contributed by atoms with Gasteiger partial charge in [0.05, 0.1) is 12.2 Å². The zero-order chi connectivity index (χ0) is 14.1. The van der Waals surface area contributed by atoms with Crippen LogP contribution in [0.25, 0.3) is 0 Å². The smallest absolute Gasteiger partial charge is 0.120 e. The number of aldehydes is 1. The van der Waals surface area contributed by atoms with Crippen molar-refractivity contribution in [1.29, 1.82) is 0 Å². The molecule has 1 rings (SSSR count). The molecule has 0 aromatic carbocycles. The molecular formula is C15H28O4. The molecule has 1 aliphatic rings. The van der Waals surface area contributed by atoms with E-state index in [0.717, 1.165) is 51.2 Å². The summed E-state index contributed by atoms with van der Waals surface area (Å²) < 4.78 is 0. The van der Waals surface area contributed by atoms with E-state index < -0.39 is 12.2 Å². The van der Waals surface area contributed by atoms with E-state index in [2.05, 4.69) is 0 Å². The van der Waals surface area contributed by atoms with E-state index in [4.69, 9.17) is 5.11 Å². The van der Waals surface area contributed by atoms with Crippen molar-refractivity contribution < 1.29 is 20.1 Å². The molecule has 0 aromatic heterocycles. The zero-order valence-corrected chi connectivity index (χ0v) is 11.7. The van der Waals surface area contributed by atoms with Crippen molar-refractivity contribution >= 4 is 6.29 Å². The number of unbranched alkanes of at least 4 members (excludes halogenated alkanes) is 5. The summed E-state index contributed by atoms with van der Waals surface area (Å²) in [4.78, 5) is 10.6. The lowest BCUT2D eigenvalue weighted by molar-refractivity contribution is -0.109. The van der Waals surface area contributed by atoms with Crippen molar-refractivity contribution in [2.45, 2.75) is 70.0 Å². The van der Waals surface area contributed by atoms with Gasteiger partial charge in [-0.05, 0) is 31.1 Å². The van der Waals surface area contributed by atoms with Crippen LogP contribution in [-0.2, 0) is 4.79 Å². The predicted molar refractivity (Wildman–Crippen MR) is 73.7 cm³/mol. The minimum atomic E-state index is -0.519. The Morgan fingerprint density at radius 1 is 0.895 bits per heavy atom. The van der Waals surface area contributed by atoms with Gasteiger partial charge >= 0.3 is 0 Å². The summed E-state index contributed by atoms with van der Waals surface area (Å²) in [6.07, 6.45) is 8.00. The Bertz CT molecular complexity index is 244. The highest BCUT2D eigenvalue weighted by Gasteiger charge is 2.40. The molecule has 0 amide bonds. The normalized spacial score (nSPS) is 30.7. The third-order valence-corrected chi connectivity index (χ3v) is 4.34. The molecule has 19 heavy (non-hydrogen) atoms. The highest BCUT2D eigenvalue weighted by atomic mass is 16.3. The second-order valence-corrected chi connectivity index (χ2v) is 5.73. The Morgan fingerprint density at radius 2 is 1.47 bits per heavy atom. The van der Waals surface area contributed by atoms with E-state index in [-0.39, 0.29) is 18.4 Å². The van der Waals surface area contributed by atoms with Crippen LogP contribution in [0.15, 0.2) is 0 Å². The van der Waals surface area contributed by atoms with Gasteiger partial charge in [0.15, 0.2) is 0 Å². The largest absolute Gasteiger partial charge is 0.396 e. The molecule has 0 bridgehead atoms. The Morgan fingerprint density at radius 3 is 2.11 bits per heavy atom. The maximum absolute atomic E-state index is 10.6. The van der Waals surface area contributed by atoms with Crippen LogP contribution in [-0.4, -0.2) is 40.4 Å². The van der Waals surface area contributed by atoms with Crippen LogP contribution in [0.4, 0.5) is 0 Å². The van der Waals surface area contributed by atoms with Gasteiger partial charge in [-0.1, -0.05) is 32.1 Å². The third-order valence-electron chi connectivity index (χ3n) is 4.34. The Labute approximate surface area is 115 Å². The summed E-state index contributed by atoms with van der Waals surface area (Å²) in [5.41, 5.74) is 0. The van der Waals surface area contributed by atoms with Gasteiger partial charge in [0, 0.05) is 13.0 Å². The van der Waals surface area contributed by atoms with Crippen LogP contribution in [0, 0.1) is 11.8 Å². The summed E-state index contributed by atoms with van der Waals surface area (Å²) in [6.45, 7) is 0.277. The number of rotatable bonds is 10. The van der Waals surface area contributed by atoms with Gasteiger partial charge in [-0.25, -0.2) is 0 Å². The molecule has 4 heteroatoms. The fourth-order valence-electron chi connectivity index (χ4n) is 3.22. The van der Waals surface area contributed by atoms with Gasteiger partial charge in [-0.3, -0.25) is 0 Å². The highest BCUT2D eigenvalue weighted by molar-refractivity contribution is 5.50. The van der Waals surface area contributed by atoms with Crippen molar-refractivity contribution in [3.05, 3.63) is 0 Å². The number of aliphatic hydroxyl groups is 3. The number of aliphatic hydroxyl groups excluding tert-OH is 3. The maximum atomic E-state index is 10.6.